The van der Waals surface area contributed by atoms with Gasteiger partial charge in [-0.15, -0.1) is 10.2 Å². The molecule has 9 rings (SSSR count). The van der Waals surface area contributed by atoms with Crippen LogP contribution in [0.25, 0.3) is 61.7 Å². The van der Waals surface area contributed by atoms with Crippen LogP contribution in [0, 0.1) is 6.57 Å². The predicted molar refractivity (Wildman–Crippen MR) is 191 cm³/mol. The molecule has 0 atom stereocenters. The fourth-order valence-corrected chi connectivity index (χ4v) is 5.92. The van der Waals surface area contributed by atoms with Crippen molar-refractivity contribution in [2.24, 2.45) is 0 Å². The van der Waals surface area contributed by atoms with Crippen molar-refractivity contribution < 1.29 is 8.83 Å². The number of oxazole rings is 2. The second-order valence-corrected chi connectivity index (χ2v) is 12.1. The van der Waals surface area contributed by atoms with Crippen molar-refractivity contribution in [3.63, 3.8) is 0 Å². The van der Waals surface area contributed by atoms with Crippen molar-refractivity contribution in [1.29, 1.82) is 0 Å². The van der Waals surface area contributed by atoms with Crippen LogP contribution in [0.15, 0.2) is 119 Å². The molecule has 248 valence electrons. The van der Waals surface area contributed by atoms with Gasteiger partial charge >= 0.3 is 0 Å². The van der Waals surface area contributed by atoms with E-state index in [0.717, 1.165) is 38.8 Å². The van der Waals surface area contributed by atoms with E-state index in [1.54, 1.807) is 24.5 Å². The molecular weight excluding hydrogens is 689 g/mol. The highest BCUT2D eigenvalue weighted by Gasteiger charge is 2.18. The van der Waals surface area contributed by atoms with E-state index in [9.17, 15) is 0 Å². The predicted octanol–water partition coefficient (Wildman–Crippen LogP) is 8.52. The lowest BCUT2D eigenvalue weighted by Gasteiger charge is -2.08. The van der Waals surface area contributed by atoms with Gasteiger partial charge in [0.15, 0.2) is 17.3 Å². The number of benzene rings is 4. The van der Waals surface area contributed by atoms with Gasteiger partial charge in [-0.2, -0.15) is 5.21 Å². The fourth-order valence-electron chi connectivity index (χ4n) is 5.59. The van der Waals surface area contributed by atoms with Gasteiger partial charge in [0.2, 0.25) is 5.82 Å². The summed E-state index contributed by atoms with van der Waals surface area (Å²) >= 11 is 12.4. The van der Waals surface area contributed by atoms with E-state index >= 15 is 0 Å². The van der Waals surface area contributed by atoms with Gasteiger partial charge in [0.25, 0.3) is 11.8 Å². The molecule has 15 heteroatoms. The Kier molecular flexibility index (Phi) is 8.51. The standard InChI is InChI=1S/C18H12ClN7O.C18H11ClN4O/c19-13-5-6-14-15(9-13)26(17(21-14)18-20-7-8-27-18)10-11-1-3-12(4-2-11)16-22-24-25-23-16;1-20-14-5-2-12(3-6-14)11-23-16-10-13(19)4-7-15(16)22-17(23)18-21-8-9-24-18/h1-9H,10H2,(H,22,23,24,25);2-10H,11H2. The Morgan fingerprint density at radius 1 is 0.686 bits per heavy atom. The number of nitrogens with zero attached hydrogens (tertiary/aromatic N) is 10. The van der Waals surface area contributed by atoms with Crippen LogP contribution < -0.4 is 0 Å². The molecule has 0 aliphatic rings. The van der Waals surface area contributed by atoms with E-state index in [0.29, 0.717) is 58.1 Å². The Balaban J connectivity index is 0.000000148. The first kappa shape index (κ1) is 31.6. The SMILES string of the molecule is Clc1ccc2nc(-c3ncco3)n(Cc3ccc(-c4nn[nH]n4)cc3)c2c1.[C-]#[N+]c1ccc(Cn2c(-c3ncco3)nc3ccc(Cl)cc32)cc1. The Morgan fingerprint density at radius 2 is 1.22 bits per heavy atom. The molecule has 0 aliphatic carbocycles. The zero-order valence-electron chi connectivity index (χ0n) is 26.4. The number of hydrogen-bond acceptors (Lipinski definition) is 9. The monoisotopic (exact) mass is 711 g/mol. The molecule has 0 saturated heterocycles. The number of hydrogen-bond donors (Lipinski definition) is 1. The molecule has 0 amide bonds. The zero-order chi connectivity index (χ0) is 34.7. The van der Waals surface area contributed by atoms with Gasteiger partial charge in [-0.3, -0.25) is 0 Å². The number of tetrazole rings is 1. The van der Waals surface area contributed by atoms with Crippen LogP contribution in [0.2, 0.25) is 10.0 Å². The molecule has 0 unspecified atom stereocenters. The number of rotatable bonds is 7. The molecule has 0 radical (unpaired) electrons. The van der Waals surface area contributed by atoms with Gasteiger partial charge in [-0.25, -0.2) is 24.8 Å². The van der Waals surface area contributed by atoms with E-state index in [2.05, 4.69) is 45.4 Å². The summed E-state index contributed by atoms with van der Waals surface area (Å²) in [6.45, 7) is 8.21. The summed E-state index contributed by atoms with van der Waals surface area (Å²) in [5.41, 5.74) is 7.11. The van der Waals surface area contributed by atoms with E-state index in [1.165, 1.54) is 12.5 Å². The third-order valence-corrected chi connectivity index (χ3v) is 8.44. The number of nitrogens with one attached hydrogen (secondary N) is 1. The number of fused-ring (bicyclic) bond motifs is 2. The normalized spacial score (nSPS) is 11.1. The van der Waals surface area contributed by atoms with Gasteiger partial charge in [0.05, 0.1) is 41.0 Å². The topological polar surface area (TPSA) is 147 Å². The minimum Gasteiger partial charge on any atom is -0.442 e. The minimum atomic E-state index is 0.458. The quantitative estimate of drug-likeness (QED) is 0.161. The van der Waals surface area contributed by atoms with Crippen LogP contribution in [0.1, 0.15) is 11.1 Å². The lowest BCUT2D eigenvalue weighted by Crippen LogP contribution is -2.02. The van der Waals surface area contributed by atoms with Crippen molar-refractivity contribution in [1.82, 2.24) is 49.7 Å². The van der Waals surface area contributed by atoms with Crippen molar-refractivity contribution in [3.8, 4) is 34.8 Å². The second kappa shape index (κ2) is 13.7. The molecule has 9 aromatic rings. The summed E-state index contributed by atoms with van der Waals surface area (Å²) in [4.78, 5) is 21.2. The lowest BCUT2D eigenvalue weighted by atomic mass is 10.1. The Morgan fingerprint density at radius 3 is 1.67 bits per heavy atom. The van der Waals surface area contributed by atoms with Gasteiger partial charge in [0.1, 0.15) is 12.5 Å². The van der Waals surface area contributed by atoms with Gasteiger partial charge in [-0.1, -0.05) is 71.7 Å². The largest absolute Gasteiger partial charge is 0.442 e. The first-order valence-electron chi connectivity index (χ1n) is 15.4. The molecule has 13 nitrogen and oxygen atoms in total. The van der Waals surface area contributed by atoms with Crippen LogP contribution in [0.3, 0.4) is 0 Å². The average molecular weight is 713 g/mol. The molecule has 5 heterocycles. The number of aromatic nitrogens is 10. The van der Waals surface area contributed by atoms with Crippen molar-refractivity contribution in [2.75, 3.05) is 0 Å². The number of imidazole rings is 2. The van der Waals surface area contributed by atoms with Crippen molar-refractivity contribution in [2.45, 2.75) is 13.1 Å². The number of halogens is 2. The van der Waals surface area contributed by atoms with Gasteiger partial charge in [-0.05, 0) is 52.7 Å². The molecule has 0 spiro atoms. The average Bonchev–Trinajstić information content (AvgIpc) is 4.01. The molecule has 51 heavy (non-hydrogen) atoms. The molecule has 0 bridgehead atoms. The van der Waals surface area contributed by atoms with Gasteiger partial charge in [0, 0.05) is 28.7 Å². The van der Waals surface area contributed by atoms with E-state index < -0.39 is 0 Å². The molecule has 4 aromatic carbocycles. The molecule has 0 fully saturated rings. The van der Waals surface area contributed by atoms with Crippen LogP contribution in [-0.2, 0) is 13.1 Å². The van der Waals surface area contributed by atoms with E-state index in [-0.39, 0.29) is 0 Å². The number of H-pyrrole nitrogens is 1. The van der Waals surface area contributed by atoms with Crippen LogP contribution in [0.5, 0.6) is 0 Å². The second-order valence-electron chi connectivity index (χ2n) is 11.2. The maximum atomic E-state index is 7.05. The third kappa shape index (κ3) is 6.56. The first-order valence-corrected chi connectivity index (χ1v) is 16.2. The Hall–Kier alpha value is -6.62. The van der Waals surface area contributed by atoms with Crippen molar-refractivity contribution >= 4 is 51.0 Å². The highest BCUT2D eigenvalue weighted by atomic mass is 35.5. The smallest absolute Gasteiger partial charge is 0.263 e. The van der Waals surface area contributed by atoms with E-state index in [1.807, 2.05) is 81.9 Å². The molecule has 5 aromatic heterocycles. The van der Waals surface area contributed by atoms with Crippen molar-refractivity contribution in [3.05, 3.63) is 142 Å². The fraction of sp³-hybridized carbons (Fsp3) is 0.0556. The maximum Gasteiger partial charge on any atom is 0.263 e. The molecule has 0 saturated carbocycles. The summed E-state index contributed by atoms with van der Waals surface area (Å²) in [7, 11) is 0. The molecular formula is C36H23Cl2N11O2. The highest BCUT2D eigenvalue weighted by Crippen LogP contribution is 2.29. The zero-order valence-corrected chi connectivity index (χ0v) is 27.9. The summed E-state index contributed by atoms with van der Waals surface area (Å²) in [5.74, 6) is 2.78. The lowest BCUT2D eigenvalue weighted by molar-refractivity contribution is 0.564. The third-order valence-electron chi connectivity index (χ3n) is 7.97. The Labute approximate surface area is 299 Å². The summed E-state index contributed by atoms with van der Waals surface area (Å²) in [5, 5.41) is 15.3. The molecule has 0 aliphatic heterocycles. The van der Waals surface area contributed by atoms with Crippen LogP contribution in [0.4, 0.5) is 5.69 Å². The number of aromatic amines is 1. The Bertz CT molecular complexity index is 2610. The summed E-state index contributed by atoms with van der Waals surface area (Å²) in [6, 6.07) is 26.6. The summed E-state index contributed by atoms with van der Waals surface area (Å²) < 4.78 is 15.0. The highest BCUT2D eigenvalue weighted by molar-refractivity contribution is 6.31. The van der Waals surface area contributed by atoms with Crippen LogP contribution >= 0.6 is 23.2 Å². The molecule has 1 N–H and O–H groups in total. The first-order chi connectivity index (χ1) is 25.0. The minimum absolute atomic E-state index is 0.458. The van der Waals surface area contributed by atoms with Crippen LogP contribution in [-0.4, -0.2) is 49.7 Å². The summed E-state index contributed by atoms with van der Waals surface area (Å²) in [6.07, 6.45) is 6.25. The van der Waals surface area contributed by atoms with Gasteiger partial charge < -0.3 is 18.0 Å². The maximum absolute atomic E-state index is 7.05. The van der Waals surface area contributed by atoms with E-state index in [4.69, 9.17) is 38.6 Å².